The molecule has 12 heavy (non-hydrogen) atoms. The van der Waals surface area contributed by atoms with Crippen LogP contribution in [0.2, 0.25) is 0 Å². The van der Waals surface area contributed by atoms with Gasteiger partial charge in [-0.1, -0.05) is 12.8 Å². The second-order valence-corrected chi connectivity index (χ2v) is 3.83. The summed E-state index contributed by atoms with van der Waals surface area (Å²) in [5.41, 5.74) is 0. The van der Waals surface area contributed by atoms with Crippen LogP contribution in [0.5, 0.6) is 0 Å². The summed E-state index contributed by atoms with van der Waals surface area (Å²) in [5.74, 6) is 0.877. The molecule has 2 rings (SSSR count). The molecule has 0 N–H and O–H groups in total. The van der Waals surface area contributed by atoms with Gasteiger partial charge in [-0.2, -0.15) is 18.8 Å². The fourth-order valence-corrected chi connectivity index (χ4v) is 2.39. The summed E-state index contributed by atoms with van der Waals surface area (Å²) in [6.07, 6.45) is 10.5. The van der Waals surface area contributed by atoms with E-state index in [1.807, 2.05) is 0 Å². The van der Waals surface area contributed by atoms with Gasteiger partial charge < -0.3 is 17.7 Å². The number of likely N-dealkylation sites (tertiary alicyclic amines) is 1. The van der Waals surface area contributed by atoms with Crippen LogP contribution in [0.4, 0.5) is 0 Å². The number of hydrogen-bond acceptors (Lipinski definition) is 1. The molecule has 2 aliphatic rings. The summed E-state index contributed by atoms with van der Waals surface area (Å²) in [7, 11) is 2.25. The van der Waals surface area contributed by atoms with E-state index in [4.69, 9.17) is 0 Å². The molecule has 1 nitrogen and oxygen atoms in total. The van der Waals surface area contributed by atoms with E-state index in [-0.39, 0.29) is 32.7 Å². The van der Waals surface area contributed by atoms with E-state index in [1.54, 1.807) is 0 Å². The molecule has 1 aliphatic heterocycles. The maximum Gasteiger partial charge on any atom is 0 e. The van der Waals surface area contributed by atoms with Gasteiger partial charge in [0, 0.05) is 32.7 Å². The molecule has 1 saturated heterocycles. The molecule has 1 aliphatic carbocycles. The quantitative estimate of drug-likeness (QED) is 0.633. The Morgan fingerprint density at radius 2 is 2.08 bits per heavy atom. The van der Waals surface area contributed by atoms with E-state index >= 15 is 0 Å². The predicted molar refractivity (Wildman–Crippen MR) is 47.0 cm³/mol. The van der Waals surface area contributed by atoms with Gasteiger partial charge in [0.05, 0.1) is 0 Å². The predicted octanol–water partition coefficient (Wildman–Crippen LogP) is 1.90. The third-order valence-electron chi connectivity index (χ3n) is 3.05. The van der Waals surface area contributed by atoms with Crippen LogP contribution in [0.25, 0.3) is 0 Å². The molecule has 0 aromatic heterocycles. The molecule has 2 heteroatoms. The van der Waals surface area contributed by atoms with Crippen molar-refractivity contribution in [3.8, 4) is 0 Å². The molecule has 2 unspecified atom stereocenters. The number of rotatable bonds is 1. The molecule has 1 heterocycles. The summed E-state index contributed by atoms with van der Waals surface area (Å²) >= 11 is 0. The van der Waals surface area contributed by atoms with Gasteiger partial charge in [-0.25, -0.2) is 0 Å². The van der Waals surface area contributed by atoms with Gasteiger partial charge in [-0.15, -0.1) is 6.04 Å². The normalized spacial score (nSPS) is 36.8. The van der Waals surface area contributed by atoms with Crippen molar-refractivity contribution in [3.63, 3.8) is 0 Å². The molecule has 0 bridgehead atoms. The Kier molecular flexibility index (Phi) is 4.71. The zero-order chi connectivity index (χ0) is 7.68. The van der Waals surface area contributed by atoms with Crippen LogP contribution in [0.1, 0.15) is 25.7 Å². The molecule has 0 spiro atoms. The second kappa shape index (κ2) is 5.07. The second-order valence-electron chi connectivity index (χ2n) is 3.83. The molecular formula is C10H17NY-2. The Morgan fingerprint density at radius 3 is 2.58 bits per heavy atom. The molecule has 2 atom stereocenters. The van der Waals surface area contributed by atoms with E-state index in [9.17, 15) is 0 Å². The van der Waals surface area contributed by atoms with E-state index < -0.39 is 0 Å². The van der Waals surface area contributed by atoms with Crippen molar-refractivity contribution >= 4 is 0 Å². The van der Waals surface area contributed by atoms with E-state index in [2.05, 4.69) is 24.8 Å². The zero-order valence-corrected chi connectivity index (χ0v) is 10.7. The van der Waals surface area contributed by atoms with Gasteiger partial charge in [0.25, 0.3) is 0 Å². The van der Waals surface area contributed by atoms with Crippen LogP contribution in [0, 0.1) is 18.8 Å². The van der Waals surface area contributed by atoms with Gasteiger partial charge in [0.15, 0.2) is 0 Å². The van der Waals surface area contributed by atoms with Crippen molar-refractivity contribution < 1.29 is 32.7 Å². The first-order chi connectivity index (χ1) is 5.38. The summed E-state index contributed by atoms with van der Waals surface area (Å²) in [5, 5.41) is 0. The Morgan fingerprint density at radius 1 is 1.25 bits per heavy atom. The van der Waals surface area contributed by atoms with Crippen molar-refractivity contribution in [3.05, 3.63) is 12.8 Å². The molecule has 1 radical (unpaired) electrons. The summed E-state index contributed by atoms with van der Waals surface area (Å²) in [4.78, 5) is 2.49. The van der Waals surface area contributed by atoms with Crippen molar-refractivity contribution in [1.29, 1.82) is 0 Å². The molecule has 2 fully saturated rings. The Hall–Kier alpha value is 1.06. The summed E-state index contributed by atoms with van der Waals surface area (Å²) in [6.45, 7) is 1.27. The molecule has 0 aromatic carbocycles. The topological polar surface area (TPSA) is 3.24 Å². The van der Waals surface area contributed by atoms with Gasteiger partial charge in [0.2, 0.25) is 0 Å². The van der Waals surface area contributed by atoms with Crippen molar-refractivity contribution in [2.24, 2.45) is 5.92 Å². The van der Waals surface area contributed by atoms with E-state index in [0.29, 0.717) is 0 Å². The zero-order valence-electron chi connectivity index (χ0n) is 7.87. The van der Waals surface area contributed by atoms with Gasteiger partial charge in [-0.05, 0) is 13.6 Å². The Labute approximate surface area is 101 Å². The van der Waals surface area contributed by atoms with Crippen molar-refractivity contribution in [2.75, 3.05) is 13.6 Å². The molecule has 67 valence electrons. The Bertz CT molecular complexity index is 132. The summed E-state index contributed by atoms with van der Waals surface area (Å²) in [6, 6.07) is 0.775. The van der Waals surface area contributed by atoms with Gasteiger partial charge in [0.1, 0.15) is 0 Å². The summed E-state index contributed by atoms with van der Waals surface area (Å²) < 4.78 is 0. The maximum atomic E-state index is 2.52. The fraction of sp³-hybridized carbons (Fsp3) is 0.800. The van der Waals surface area contributed by atoms with Crippen molar-refractivity contribution in [2.45, 2.75) is 31.7 Å². The van der Waals surface area contributed by atoms with Gasteiger partial charge >= 0.3 is 0 Å². The maximum absolute atomic E-state index is 2.52. The first-order valence-electron chi connectivity index (χ1n) is 4.75. The monoisotopic (exact) mass is 240 g/mol. The minimum Gasteiger partial charge on any atom is -0.337 e. The average Bonchev–Trinajstić information content (AvgIpc) is 2.55. The van der Waals surface area contributed by atoms with E-state index in [0.717, 1.165) is 12.0 Å². The molecule has 0 amide bonds. The van der Waals surface area contributed by atoms with Crippen LogP contribution in [0.3, 0.4) is 0 Å². The van der Waals surface area contributed by atoms with Crippen LogP contribution in [-0.4, -0.2) is 24.5 Å². The van der Waals surface area contributed by atoms with E-state index in [1.165, 1.54) is 32.2 Å². The minimum atomic E-state index is 0. The number of nitrogens with zero attached hydrogens (tertiary/aromatic N) is 1. The molecule has 0 aromatic rings. The van der Waals surface area contributed by atoms with Crippen LogP contribution >= 0.6 is 0 Å². The van der Waals surface area contributed by atoms with Crippen LogP contribution in [0.15, 0.2) is 0 Å². The molecule has 1 saturated carbocycles. The first-order valence-corrected chi connectivity index (χ1v) is 4.75. The molecular weight excluding hydrogens is 223 g/mol. The van der Waals surface area contributed by atoms with Crippen LogP contribution < -0.4 is 0 Å². The Balaban J connectivity index is 0.000000720. The first kappa shape index (κ1) is 11.1. The third kappa shape index (κ3) is 2.30. The third-order valence-corrected chi connectivity index (χ3v) is 3.05. The number of hydrogen-bond donors (Lipinski definition) is 0. The largest absolute Gasteiger partial charge is 0.337 e. The van der Waals surface area contributed by atoms with Crippen LogP contribution in [-0.2, 0) is 32.7 Å². The minimum absolute atomic E-state index is 0. The smallest absolute Gasteiger partial charge is 0 e. The van der Waals surface area contributed by atoms with Crippen molar-refractivity contribution in [1.82, 2.24) is 4.90 Å². The SMILES string of the molecule is CN1CC[CH-]C1C1[CH-]CCC1.[Y]. The average molecular weight is 240 g/mol. The van der Waals surface area contributed by atoms with Gasteiger partial charge in [-0.3, -0.25) is 0 Å². The fourth-order valence-electron chi connectivity index (χ4n) is 2.39. The standard InChI is InChI=1S/C10H17N.Y/c1-11-8-4-7-10(11)9-5-2-3-6-9;/h5,7,9-10H,2-4,6,8H2,1H3;/q-2;.